The molecule has 0 fully saturated rings. The minimum absolute atomic E-state index is 0.534. The predicted molar refractivity (Wildman–Crippen MR) is 202 cm³/mol. The molecule has 50 heavy (non-hydrogen) atoms. The van der Waals surface area contributed by atoms with Crippen molar-refractivity contribution in [1.82, 2.24) is 15.0 Å². The molecule has 5 heteroatoms. The lowest BCUT2D eigenvalue weighted by Gasteiger charge is -2.13. The molecule has 0 spiro atoms. The fourth-order valence-electron chi connectivity index (χ4n) is 6.96. The van der Waals surface area contributed by atoms with Crippen LogP contribution < -0.4 is 0 Å². The van der Waals surface area contributed by atoms with Crippen LogP contribution in [0.4, 0.5) is 0 Å². The number of nitrogens with zero attached hydrogens (tertiary/aromatic N) is 3. The van der Waals surface area contributed by atoms with Gasteiger partial charge in [-0.15, -0.1) is 0 Å². The molecular formula is C45H27N3O2. The maximum Gasteiger partial charge on any atom is 0.167 e. The first-order valence-electron chi connectivity index (χ1n) is 16.6. The van der Waals surface area contributed by atoms with Crippen molar-refractivity contribution in [3.63, 3.8) is 0 Å². The second kappa shape index (κ2) is 11.4. The monoisotopic (exact) mass is 641 g/mol. The third-order valence-corrected chi connectivity index (χ3v) is 9.37. The Morgan fingerprint density at radius 3 is 1.70 bits per heavy atom. The van der Waals surface area contributed by atoms with E-state index in [1.54, 1.807) is 0 Å². The molecule has 0 aliphatic carbocycles. The Labute approximate surface area is 287 Å². The molecule has 0 saturated heterocycles. The normalized spacial score (nSPS) is 11.6. The van der Waals surface area contributed by atoms with Crippen LogP contribution >= 0.6 is 0 Å². The van der Waals surface area contributed by atoms with Crippen LogP contribution in [0.2, 0.25) is 0 Å². The first-order chi connectivity index (χ1) is 24.8. The second-order valence-electron chi connectivity index (χ2n) is 12.4. The number of aromatic nitrogens is 3. The number of hydrogen-bond acceptors (Lipinski definition) is 5. The lowest BCUT2D eigenvalue weighted by Crippen LogP contribution is -2.01. The Morgan fingerprint density at radius 2 is 0.860 bits per heavy atom. The van der Waals surface area contributed by atoms with Crippen LogP contribution in [0.3, 0.4) is 0 Å². The molecule has 5 nitrogen and oxygen atoms in total. The molecule has 234 valence electrons. The van der Waals surface area contributed by atoms with Crippen molar-refractivity contribution in [2.24, 2.45) is 0 Å². The van der Waals surface area contributed by atoms with Crippen LogP contribution in [0, 0.1) is 0 Å². The lowest BCUT2D eigenvalue weighted by molar-refractivity contribution is 0.668. The Morgan fingerprint density at radius 1 is 0.300 bits per heavy atom. The van der Waals surface area contributed by atoms with Crippen LogP contribution in [0.15, 0.2) is 173 Å². The Kier molecular flexibility index (Phi) is 6.42. The Hall–Kier alpha value is -6.85. The van der Waals surface area contributed by atoms with E-state index in [9.17, 15) is 0 Å². The molecule has 0 unspecified atom stereocenters. The van der Waals surface area contributed by atoms with Gasteiger partial charge in [-0.05, 0) is 58.7 Å². The van der Waals surface area contributed by atoms with Crippen molar-refractivity contribution < 1.29 is 8.83 Å². The summed E-state index contributed by atoms with van der Waals surface area (Å²) in [5.41, 5.74) is 10.2. The highest BCUT2D eigenvalue weighted by Gasteiger charge is 2.20. The summed E-state index contributed by atoms with van der Waals surface area (Å²) in [4.78, 5) is 15.4. The van der Waals surface area contributed by atoms with Gasteiger partial charge in [0, 0.05) is 32.7 Å². The summed E-state index contributed by atoms with van der Waals surface area (Å²) >= 11 is 0. The second-order valence-corrected chi connectivity index (χ2v) is 12.4. The van der Waals surface area contributed by atoms with Gasteiger partial charge in [0.25, 0.3) is 0 Å². The molecule has 3 heterocycles. The van der Waals surface area contributed by atoms with E-state index in [2.05, 4.69) is 97.1 Å². The zero-order chi connectivity index (χ0) is 33.0. The molecule has 0 radical (unpaired) electrons. The number of rotatable bonds is 5. The van der Waals surface area contributed by atoms with E-state index in [0.717, 1.165) is 82.8 Å². The zero-order valence-electron chi connectivity index (χ0n) is 26.7. The van der Waals surface area contributed by atoms with E-state index in [1.165, 1.54) is 0 Å². The molecule has 0 N–H and O–H groups in total. The number of para-hydroxylation sites is 3. The Bertz CT molecular complexity index is 2890. The average molecular weight is 642 g/mol. The fraction of sp³-hybridized carbons (Fsp3) is 0. The lowest BCUT2D eigenvalue weighted by atomic mass is 9.95. The summed E-state index contributed by atoms with van der Waals surface area (Å²) < 4.78 is 12.7. The Balaban J connectivity index is 1.20. The van der Waals surface area contributed by atoms with Crippen molar-refractivity contribution in [3.8, 4) is 56.4 Å². The zero-order valence-corrected chi connectivity index (χ0v) is 26.7. The van der Waals surface area contributed by atoms with E-state index in [0.29, 0.717) is 17.5 Å². The van der Waals surface area contributed by atoms with E-state index in [4.69, 9.17) is 23.8 Å². The number of hydrogen-bond donors (Lipinski definition) is 0. The van der Waals surface area contributed by atoms with Gasteiger partial charge in [0.05, 0.1) is 5.56 Å². The van der Waals surface area contributed by atoms with Gasteiger partial charge in [-0.2, -0.15) is 0 Å². The molecule has 0 aliphatic heterocycles. The van der Waals surface area contributed by atoms with Crippen molar-refractivity contribution in [3.05, 3.63) is 164 Å². The van der Waals surface area contributed by atoms with Crippen molar-refractivity contribution >= 4 is 43.9 Å². The van der Waals surface area contributed by atoms with Crippen molar-refractivity contribution in [1.29, 1.82) is 0 Å². The van der Waals surface area contributed by atoms with Gasteiger partial charge in [0.2, 0.25) is 0 Å². The van der Waals surface area contributed by atoms with E-state index >= 15 is 0 Å². The van der Waals surface area contributed by atoms with E-state index in [1.807, 2.05) is 66.7 Å². The van der Waals surface area contributed by atoms with Gasteiger partial charge in [-0.3, -0.25) is 0 Å². The molecule has 0 saturated carbocycles. The smallest absolute Gasteiger partial charge is 0.167 e. The van der Waals surface area contributed by atoms with Crippen LogP contribution in [0.25, 0.3) is 100 Å². The third kappa shape index (κ3) is 4.67. The van der Waals surface area contributed by atoms with Gasteiger partial charge in [-0.25, -0.2) is 15.0 Å². The molecule has 7 aromatic carbocycles. The third-order valence-electron chi connectivity index (χ3n) is 9.37. The van der Waals surface area contributed by atoms with Crippen molar-refractivity contribution in [2.45, 2.75) is 0 Å². The highest BCUT2D eigenvalue weighted by molar-refractivity contribution is 6.09. The molecule has 3 aromatic heterocycles. The molecule has 0 bridgehead atoms. The van der Waals surface area contributed by atoms with Gasteiger partial charge < -0.3 is 8.83 Å². The summed E-state index contributed by atoms with van der Waals surface area (Å²) in [6.45, 7) is 0. The largest absolute Gasteiger partial charge is 0.456 e. The molecule has 0 amide bonds. The van der Waals surface area contributed by atoms with Gasteiger partial charge in [0.15, 0.2) is 17.5 Å². The highest BCUT2D eigenvalue weighted by Crippen LogP contribution is 2.38. The van der Waals surface area contributed by atoms with Crippen molar-refractivity contribution in [2.75, 3.05) is 0 Å². The molecule has 10 aromatic rings. The first kappa shape index (κ1) is 28.2. The summed E-state index contributed by atoms with van der Waals surface area (Å²) in [5.74, 6) is 1.66. The minimum Gasteiger partial charge on any atom is -0.456 e. The maximum atomic E-state index is 6.45. The number of furan rings is 2. The average Bonchev–Trinajstić information content (AvgIpc) is 3.76. The molecule has 0 atom stereocenters. The summed E-state index contributed by atoms with van der Waals surface area (Å²) in [6.07, 6.45) is 0. The van der Waals surface area contributed by atoms with E-state index < -0.39 is 0 Å². The number of fused-ring (bicyclic) bond motifs is 6. The molecular weight excluding hydrogens is 615 g/mol. The number of benzene rings is 7. The SMILES string of the molecule is c1ccc(-c2cccc(-c3ccccc3-c3nc(-c4ccc5c(c4)oc4ccccc45)nc(-c4cccc5c4oc4ccccc45)n3)c2)cc1. The highest BCUT2D eigenvalue weighted by atomic mass is 16.3. The summed E-state index contributed by atoms with van der Waals surface area (Å²) in [5, 5.41) is 4.20. The van der Waals surface area contributed by atoms with Gasteiger partial charge in [0.1, 0.15) is 22.3 Å². The quantitative estimate of drug-likeness (QED) is 0.187. The molecule has 10 rings (SSSR count). The first-order valence-corrected chi connectivity index (χ1v) is 16.6. The summed E-state index contributed by atoms with van der Waals surface area (Å²) in [7, 11) is 0. The molecule has 0 aliphatic rings. The van der Waals surface area contributed by atoms with Crippen LogP contribution in [0.1, 0.15) is 0 Å². The van der Waals surface area contributed by atoms with Gasteiger partial charge >= 0.3 is 0 Å². The predicted octanol–water partition coefficient (Wildman–Crippen LogP) is 12.0. The maximum absolute atomic E-state index is 6.45. The minimum atomic E-state index is 0.534. The topological polar surface area (TPSA) is 65.0 Å². The standard InChI is InChI=1S/C45H27N3O2/c1-2-12-28(13-3-1)29-14-10-15-30(26-29)32-16-4-5-19-37(32)44-46-43(31-24-25-35-33-17-6-8-22-39(33)49-41(35)27-31)47-45(48-44)38-21-11-20-36-34-18-7-9-23-40(34)50-42(36)38/h1-27H. The van der Waals surface area contributed by atoms with Crippen LogP contribution in [-0.4, -0.2) is 15.0 Å². The van der Waals surface area contributed by atoms with E-state index in [-0.39, 0.29) is 0 Å². The van der Waals surface area contributed by atoms with Crippen LogP contribution in [0.5, 0.6) is 0 Å². The summed E-state index contributed by atoms with van der Waals surface area (Å²) in [6, 6.07) is 55.8. The van der Waals surface area contributed by atoms with Gasteiger partial charge in [-0.1, -0.05) is 127 Å². The van der Waals surface area contributed by atoms with Crippen LogP contribution in [-0.2, 0) is 0 Å². The fourth-order valence-corrected chi connectivity index (χ4v) is 6.96.